The first-order valence-electron chi connectivity index (χ1n) is 5.35. The Morgan fingerprint density at radius 3 is 2.17 bits per heavy atom. The largest absolute Gasteiger partial charge is 0.441 e. The van der Waals surface area contributed by atoms with Crippen LogP contribution in [0.1, 0.15) is 10.4 Å². The van der Waals surface area contributed by atoms with E-state index in [1.807, 2.05) is 0 Å². The van der Waals surface area contributed by atoms with E-state index < -0.39 is 45.0 Å². The summed E-state index contributed by atoms with van der Waals surface area (Å²) in [6.45, 7) is 0. The van der Waals surface area contributed by atoms with Crippen molar-refractivity contribution >= 4 is 29.4 Å². The lowest BCUT2D eigenvalue weighted by Gasteiger charge is -2.26. The van der Waals surface area contributed by atoms with Crippen molar-refractivity contribution < 1.29 is 48.8 Å². The number of benzene rings is 1. The highest BCUT2D eigenvalue weighted by molar-refractivity contribution is 7.86. The summed E-state index contributed by atoms with van der Waals surface area (Å²) in [6.07, 6.45) is -10.6. The Labute approximate surface area is 126 Å². The van der Waals surface area contributed by atoms with Crippen molar-refractivity contribution in [3.63, 3.8) is 0 Å². The molecule has 0 aromatic heterocycles. The SMILES string of the molecule is [B]c1ccc(F)c(C(=O)OC(C(F)(F)F)C(F)(F)S(=O)(=O)O)c1. The Morgan fingerprint density at radius 2 is 1.74 bits per heavy atom. The molecule has 1 aromatic carbocycles. The standard InChI is InChI=1S/C10H5BF6O5S/c11-4-1-2-6(12)5(3-4)7(18)22-8(9(13,14)15)10(16,17)23(19,20)21/h1-3,8H,(H,19,20,21). The second-order valence-electron chi connectivity index (χ2n) is 4.10. The highest BCUT2D eigenvalue weighted by atomic mass is 32.2. The van der Waals surface area contributed by atoms with Crippen molar-refractivity contribution in [2.75, 3.05) is 0 Å². The Kier molecular flexibility index (Phi) is 5.06. The van der Waals surface area contributed by atoms with Gasteiger partial charge in [-0.05, 0) is 6.07 Å². The molecule has 0 aliphatic rings. The van der Waals surface area contributed by atoms with Crippen molar-refractivity contribution in [1.82, 2.24) is 0 Å². The molecule has 0 heterocycles. The van der Waals surface area contributed by atoms with E-state index in [9.17, 15) is 39.6 Å². The van der Waals surface area contributed by atoms with Crippen LogP contribution >= 0.6 is 0 Å². The molecule has 13 heteroatoms. The first-order chi connectivity index (χ1) is 10.2. The minimum absolute atomic E-state index is 0.302. The van der Waals surface area contributed by atoms with Crippen molar-refractivity contribution in [2.24, 2.45) is 0 Å². The zero-order valence-electron chi connectivity index (χ0n) is 10.6. The molecule has 0 saturated heterocycles. The third kappa shape index (κ3) is 4.16. The second-order valence-corrected chi connectivity index (χ2v) is 5.60. The Balaban J connectivity index is 3.28. The fourth-order valence-corrected chi connectivity index (χ4v) is 1.78. The zero-order chi connectivity index (χ0) is 18.2. The van der Waals surface area contributed by atoms with Crippen molar-refractivity contribution in [1.29, 1.82) is 0 Å². The van der Waals surface area contributed by atoms with Gasteiger partial charge in [0.1, 0.15) is 13.7 Å². The van der Waals surface area contributed by atoms with E-state index >= 15 is 0 Å². The van der Waals surface area contributed by atoms with Gasteiger partial charge in [-0.2, -0.15) is 30.4 Å². The molecule has 1 unspecified atom stereocenters. The third-order valence-electron chi connectivity index (χ3n) is 2.38. The molecule has 23 heavy (non-hydrogen) atoms. The van der Waals surface area contributed by atoms with E-state index in [4.69, 9.17) is 12.4 Å². The number of hydrogen-bond acceptors (Lipinski definition) is 4. The highest BCUT2D eigenvalue weighted by Crippen LogP contribution is 2.38. The molecule has 0 saturated carbocycles. The lowest BCUT2D eigenvalue weighted by atomic mass is 9.94. The minimum atomic E-state index is -6.58. The van der Waals surface area contributed by atoms with E-state index in [1.165, 1.54) is 0 Å². The molecule has 126 valence electrons. The van der Waals surface area contributed by atoms with Gasteiger partial charge in [-0.3, -0.25) is 4.55 Å². The zero-order valence-corrected chi connectivity index (χ0v) is 11.5. The molecule has 0 aliphatic carbocycles. The number of halogens is 6. The molecule has 0 bridgehead atoms. The van der Waals surface area contributed by atoms with Gasteiger partial charge in [0.2, 0.25) is 0 Å². The summed E-state index contributed by atoms with van der Waals surface area (Å²) in [5.41, 5.74) is -1.53. The predicted molar refractivity (Wildman–Crippen MR) is 63.5 cm³/mol. The molecule has 0 amide bonds. The number of hydrogen-bond donors (Lipinski definition) is 1. The van der Waals surface area contributed by atoms with Crippen LogP contribution < -0.4 is 5.46 Å². The summed E-state index contributed by atoms with van der Waals surface area (Å²) >= 11 is 0. The first kappa shape index (κ1) is 19.3. The van der Waals surface area contributed by atoms with E-state index in [0.717, 1.165) is 6.07 Å². The van der Waals surface area contributed by atoms with Gasteiger partial charge in [-0.15, -0.1) is 0 Å². The van der Waals surface area contributed by atoms with E-state index in [0.29, 0.717) is 12.1 Å². The van der Waals surface area contributed by atoms with E-state index in [1.54, 1.807) is 0 Å². The topological polar surface area (TPSA) is 80.7 Å². The van der Waals surface area contributed by atoms with Crippen LogP contribution in [0.2, 0.25) is 0 Å². The average molecular weight is 362 g/mol. The Morgan fingerprint density at radius 1 is 1.22 bits per heavy atom. The van der Waals surface area contributed by atoms with Crippen molar-refractivity contribution in [3.05, 3.63) is 29.6 Å². The van der Waals surface area contributed by atoms with Gasteiger partial charge >= 0.3 is 27.5 Å². The number of rotatable bonds is 4. The summed E-state index contributed by atoms with van der Waals surface area (Å²) in [6, 6.07) is 1.96. The van der Waals surface area contributed by atoms with Crippen LogP contribution in [-0.2, 0) is 14.9 Å². The number of carbonyl (C=O) groups is 1. The quantitative estimate of drug-likeness (QED) is 0.377. The van der Waals surface area contributed by atoms with Crippen molar-refractivity contribution in [2.45, 2.75) is 17.5 Å². The molecule has 1 rings (SSSR count). The van der Waals surface area contributed by atoms with Crippen LogP contribution in [0.4, 0.5) is 26.3 Å². The number of esters is 1. The van der Waals surface area contributed by atoms with Gasteiger partial charge in [0, 0.05) is 0 Å². The van der Waals surface area contributed by atoms with Gasteiger partial charge < -0.3 is 4.74 Å². The molecular weight excluding hydrogens is 357 g/mol. The van der Waals surface area contributed by atoms with Gasteiger partial charge in [0.15, 0.2) is 0 Å². The lowest BCUT2D eigenvalue weighted by molar-refractivity contribution is -0.248. The molecule has 0 aliphatic heterocycles. The number of ether oxygens (including phenoxy) is 1. The molecule has 1 N–H and O–H groups in total. The van der Waals surface area contributed by atoms with Crippen LogP contribution in [0, 0.1) is 5.82 Å². The second kappa shape index (κ2) is 6.04. The maximum absolute atomic E-state index is 13.3. The fraction of sp³-hybridized carbons (Fsp3) is 0.300. The lowest BCUT2D eigenvalue weighted by Crippen LogP contribution is -2.52. The van der Waals surface area contributed by atoms with Crippen molar-refractivity contribution in [3.8, 4) is 0 Å². The van der Waals surface area contributed by atoms with Crippen LogP contribution in [0.3, 0.4) is 0 Å². The van der Waals surface area contributed by atoms with E-state index in [-0.39, 0.29) is 5.46 Å². The smallest absolute Gasteiger partial charge is 0.432 e. The Hall–Kier alpha value is -1.76. The molecule has 1 aromatic rings. The third-order valence-corrected chi connectivity index (χ3v) is 3.28. The average Bonchev–Trinajstić information content (AvgIpc) is 2.35. The first-order valence-corrected chi connectivity index (χ1v) is 6.79. The summed E-state index contributed by atoms with van der Waals surface area (Å²) in [5, 5.41) is -5.91. The number of carbonyl (C=O) groups excluding carboxylic acids is 1. The maximum Gasteiger partial charge on any atom is 0.432 e. The van der Waals surface area contributed by atoms with Gasteiger partial charge in [0.05, 0.1) is 5.56 Å². The summed E-state index contributed by atoms with van der Waals surface area (Å²) < 4.78 is 110. The highest BCUT2D eigenvalue weighted by Gasteiger charge is 2.66. The van der Waals surface area contributed by atoms with Crippen LogP contribution in [0.15, 0.2) is 18.2 Å². The molecule has 0 fully saturated rings. The fourth-order valence-electron chi connectivity index (χ4n) is 1.33. The Bertz CT molecular complexity index is 717. The van der Waals surface area contributed by atoms with Crippen LogP contribution in [0.5, 0.6) is 0 Å². The summed E-state index contributed by atoms with van der Waals surface area (Å²) in [7, 11) is -1.42. The van der Waals surface area contributed by atoms with Gasteiger partial charge in [0.25, 0.3) is 6.10 Å². The normalized spacial score (nSPS) is 14.4. The molecule has 5 nitrogen and oxygen atoms in total. The molecule has 1 atom stereocenters. The molecule has 0 spiro atoms. The van der Waals surface area contributed by atoms with Crippen LogP contribution in [-0.4, -0.2) is 44.3 Å². The number of alkyl halides is 5. The van der Waals surface area contributed by atoms with Gasteiger partial charge in [-0.25, -0.2) is 9.18 Å². The molecular formula is C10H5BF6O5S. The maximum atomic E-state index is 13.3. The minimum Gasteiger partial charge on any atom is -0.441 e. The summed E-state index contributed by atoms with van der Waals surface area (Å²) in [4.78, 5) is 11.4. The molecule has 2 radical (unpaired) electrons. The monoisotopic (exact) mass is 362 g/mol. The van der Waals surface area contributed by atoms with Crippen LogP contribution in [0.25, 0.3) is 0 Å². The summed E-state index contributed by atoms with van der Waals surface area (Å²) in [5.74, 6) is -3.69. The van der Waals surface area contributed by atoms with Gasteiger partial charge in [-0.1, -0.05) is 17.6 Å². The predicted octanol–water partition coefficient (Wildman–Crippen LogP) is 1.19. The van der Waals surface area contributed by atoms with E-state index in [2.05, 4.69) is 4.74 Å².